The molecule has 1 saturated heterocycles. The van der Waals surface area contributed by atoms with E-state index in [-0.39, 0.29) is 0 Å². The Balaban J connectivity index is 1.72. The molecule has 0 aromatic heterocycles. The minimum atomic E-state index is 0.362. The van der Waals surface area contributed by atoms with Crippen molar-refractivity contribution in [2.75, 3.05) is 52.3 Å². The SMILES string of the molecule is CCNC(=NCCSc1ccc(Cl)cc1)N1CCC(OCCCOC)CC1. The molecular weight excluding hydrogens is 382 g/mol. The molecule has 0 bridgehead atoms. The van der Waals surface area contributed by atoms with E-state index in [1.807, 2.05) is 23.9 Å². The normalized spacial score (nSPS) is 16.0. The summed E-state index contributed by atoms with van der Waals surface area (Å²) in [6, 6.07) is 7.97. The third-order valence-electron chi connectivity index (χ3n) is 4.36. The fourth-order valence-electron chi connectivity index (χ4n) is 2.96. The van der Waals surface area contributed by atoms with Crippen LogP contribution < -0.4 is 5.32 Å². The molecule has 7 heteroatoms. The van der Waals surface area contributed by atoms with Crippen molar-refractivity contribution in [3.63, 3.8) is 0 Å². The molecule has 2 rings (SSSR count). The summed E-state index contributed by atoms with van der Waals surface area (Å²) in [5.41, 5.74) is 0. The summed E-state index contributed by atoms with van der Waals surface area (Å²) in [7, 11) is 1.73. The third-order valence-corrected chi connectivity index (χ3v) is 5.60. The van der Waals surface area contributed by atoms with Gasteiger partial charge >= 0.3 is 0 Å². The molecule has 5 nitrogen and oxygen atoms in total. The molecular formula is C20H32ClN3O2S. The highest BCUT2D eigenvalue weighted by molar-refractivity contribution is 7.99. The number of methoxy groups -OCH3 is 1. The molecule has 0 radical (unpaired) electrons. The van der Waals surface area contributed by atoms with Crippen molar-refractivity contribution in [2.24, 2.45) is 4.99 Å². The highest BCUT2D eigenvalue weighted by Crippen LogP contribution is 2.20. The molecule has 1 aliphatic heterocycles. The standard InChI is InChI=1S/C20H32ClN3O2S/c1-3-22-20(23-11-16-27-19-7-5-17(21)6-8-19)24-12-9-18(10-13-24)26-15-4-14-25-2/h5-8,18H,3-4,9-16H2,1-2H3,(H,22,23). The van der Waals surface area contributed by atoms with Crippen LogP contribution in [0.1, 0.15) is 26.2 Å². The summed E-state index contributed by atoms with van der Waals surface area (Å²) in [6.07, 6.45) is 3.43. The maximum Gasteiger partial charge on any atom is 0.193 e. The van der Waals surface area contributed by atoms with Crippen molar-refractivity contribution < 1.29 is 9.47 Å². The minimum Gasteiger partial charge on any atom is -0.385 e. The number of benzene rings is 1. The van der Waals surface area contributed by atoms with Crippen LogP contribution in [0.25, 0.3) is 0 Å². The Morgan fingerprint density at radius 1 is 1.26 bits per heavy atom. The smallest absolute Gasteiger partial charge is 0.193 e. The predicted octanol–water partition coefficient (Wildman–Crippen LogP) is 3.92. The summed E-state index contributed by atoms with van der Waals surface area (Å²) in [5, 5.41) is 4.20. The number of halogens is 1. The Bertz CT molecular complexity index is 549. The monoisotopic (exact) mass is 413 g/mol. The molecule has 0 saturated carbocycles. The molecule has 1 N–H and O–H groups in total. The zero-order chi connectivity index (χ0) is 19.3. The van der Waals surface area contributed by atoms with Gasteiger partial charge in [0, 0.05) is 55.6 Å². The van der Waals surface area contributed by atoms with Crippen molar-refractivity contribution in [3.05, 3.63) is 29.3 Å². The zero-order valence-electron chi connectivity index (χ0n) is 16.5. The first kappa shape index (κ1) is 22.3. The molecule has 1 aliphatic rings. The number of hydrogen-bond acceptors (Lipinski definition) is 4. The molecule has 0 atom stereocenters. The van der Waals surface area contributed by atoms with E-state index in [0.29, 0.717) is 6.10 Å². The third kappa shape index (κ3) is 8.73. The van der Waals surface area contributed by atoms with E-state index in [0.717, 1.165) is 75.4 Å². The van der Waals surface area contributed by atoms with Crippen molar-refractivity contribution in [2.45, 2.75) is 37.2 Å². The second kappa shape index (κ2) is 13.3. The van der Waals surface area contributed by atoms with Crippen molar-refractivity contribution in [3.8, 4) is 0 Å². The second-order valence-electron chi connectivity index (χ2n) is 6.44. The molecule has 0 unspecified atom stereocenters. The van der Waals surface area contributed by atoms with Crippen LogP contribution in [0, 0.1) is 0 Å². The molecule has 27 heavy (non-hydrogen) atoms. The molecule has 1 fully saturated rings. The van der Waals surface area contributed by atoms with Gasteiger partial charge in [0.2, 0.25) is 0 Å². The van der Waals surface area contributed by atoms with E-state index in [1.165, 1.54) is 4.90 Å². The number of guanidine groups is 1. The van der Waals surface area contributed by atoms with E-state index in [2.05, 4.69) is 29.3 Å². The van der Waals surface area contributed by atoms with Gasteiger partial charge in [-0.2, -0.15) is 0 Å². The van der Waals surface area contributed by atoms with Crippen LogP contribution in [-0.2, 0) is 9.47 Å². The number of piperidine rings is 1. The lowest BCUT2D eigenvalue weighted by Gasteiger charge is -2.34. The zero-order valence-corrected chi connectivity index (χ0v) is 18.0. The lowest BCUT2D eigenvalue weighted by molar-refractivity contribution is 0.00991. The fourth-order valence-corrected chi connectivity index (χ4v) is 3.83. The Kier molecular flexibility index (Phi) is 11.0. The number of rotatable bonds is 10. The molecule has 0 aliphatic carbocycles. The van der Waals surface area contributed by atoms with Crippen LogP contribution in [-0.4, -0.2) is 69.2 Å². The average molecular weight is 414 g/mol. The quantitative estimate of drug-likeness (QED) is 0.272. The van der Waals surface area contributed by atoms with Crippen LogP contribution in [0.4, 0.5) is 0 Å². The average Bonchev–Trinajstić information content (AvgIpc) is 2.69. The van der Waals surface area contributed by atoms with Gasteiger partial charge in [-0.05, 0) is 50.5 Å². The van der Waals surface area contributed by atoms with Crippen LogP contribution in [0.2, 0.25) is 5.02 Å². The van der Waals surface area contributed by atoms with Gasteiger partial charge in [0.15, 0.2) is 5.96 Å². The summed E-state index contributed by atoms with van der Waals surface area (Å²) < 4.78 is 11.0. The van der Waals surface area contributed by atoms with Gasteiger partial charge in [-0.3, -0.25) is 4.99 Å². The van der Waals surface area contributed by atoms with Crippen molar-refractivity contribution in [1.82, 2.24) is 10.2 Å². The van der Waals surface area contributed by atoms with Gasteiger partial charge in [0.25, 0.3) is 0 Å². The number of hydrogen-bond donors (Lipinski definition) is 1. The number of nitrogens with one attached hydrogen (secondary N) is 1. The van der Waals surface area contributed by atoms with E-state index in [9.17, 15) is 0 Å². The van der Waals surface area contributed by atoms with Crippen LogP contribution in [0.5, 0.6) is 0 Å². The summed E-state index contributed by atoms with van der Waals surface area (Å²) >= 11 is 7.74. The van der Waals surface area contributed by atoms with E-state index < -0.39 is 0 Å². The summed E-state index contributed by atoms with van der Waals surface area (Å²) in [6.45, 7) is 7.33. The molecule has 0 spiro atoms. The number of thioether (sulfide) groups is 1. The Morgan fingerprint density at radius 3 is 2.67 bits per heavy atom. The van der Waals surface area contributed by atoms with Crippen LogP contribution in [0.15, 0.2) is 34.2 Å². The first-order chi connectivity index (χ1) is 13.2. The molecule has 152 valence electrons. The number of ether oxygens (including phenoxy) is 2. The first-order valence-electron chi connectivity index (χ1n) is 9.75. The lowest BCUT2D eigenvalue weighted by Crippen LogP contribution is -2.47. The largest absolute Gasteiger partial charge is 0.385 e. The summed E-state index contributed by atoms with van der Waals surface area (Å²) in [4.78, 5) is 8.39. The van der Waals surface area contributed by atoms with Gasteiger partial charge in [-0.1, -0.05) is 11.6 Å². The number of nitrogens with zero attached hydrogens (tertiary/aromatic N) is 2. The Hall–Kier alpha value is -0.950. The Labute approximate surface area is 172 Å². The first-order valence-corrected chi connectivity index (χ1v) is 11.1. The minimum absolute atomic E-state index is 0.362. The van der Waals surface area contributed by atoms with Crippen LogP contribution in [0.3, 0.4) is 0 Å². The molecule has 1 heterocycles. The highest BCUT2D eigenvalue weighted by atomic mass is 35.5. The molecule has 1 aromatic carbocycles. The molecule has 0 amide bonds. The van der Waals surface area contributed by atoms with Crippen LogP contribution >= 0.6 is 23.4 Å². The van der Waals surface area contributed by atoms with Crippen molar-refractivity contribution in [1.29, 1.82) is 0 Å². The fraction of sp³-hybridized carbons (Fsp3) is 0.650. The predicted molar refractivity (Wildman–Crippen MR) is 115 cm³/mol. The second-order valence-corrected chi connectivity index (χ2v) is 8.05. The van der Waals surface area contributed by atoms with Gasteiger partial charge in [0.05, 0.1) is 12.6 Å². The highest BCUT2D eigenvalue weighted by Gasteiger charge is 2.21. The van der Waals surface area contributed by atoms with Gasteiger partial charge < -0.3 is 19.7 Å². The van der Waals surface area contributed by atoms with Gasteiger partial charge in [0.1, 0.15) is 0 Å². The topological polar surface area (TPSA) is 46.1 Å². The number of aliphatic imine (C=N–C) groups is 1. The number of likely N-dealkylation sites (tertiary alicyclic amines) is 1. The van der Waals surface area contributed by atoms with Gasteiger partial charge in [-0.25, -0.2) is 0 Å². The van der Waals surface area contributed by atoms with Gasteiger partial charge in [-0.15, -0.1) is 11.8 Å². The van der Waals surface area contributed by atoms with E-state index >= 15 is 0 Å². The lowest BCUT2D eigenvalue weighted by atomic mass is 10.1. The van der Waals surface area contributed by atoms with Crippen molar-refractivity contribution >= 4 is 29.3 Å². The maximum atomic E-state index is 5.95. The van der Waals surface area contributed by atoms with E-state index in [1.54, 1.807) is 7.11 Å². The maximum absolute atomic E-state index is 5.95. The molecule has 1 aromatic rings. The van der Waals surface area contributed by atoms with E-state index in [4.69, 9.17) is 26.1 Å². The Morgan fingerprint density at radius 2 is 2.00 bits per heavy atom. The summed E-state index contributed by atoms with van der Waals surface area (Å²) in [5.74, 6) is 1.97.